The predicted octanol–water partition coefficient (Wildman–Crippen LogP) is 3.16. The zero-order valence-corrected chi connectivity index (χ0v) is 16.1. The van der Waals surface area contributed by atoms with Gasteiger partial charge in [0.05, 0.1) is 13.2 Å². The van der Waals surface area contributed by atoms with Crippen molar-refractivity contribution in [3.05, 3.63) is 29.8 Å². The first kappa shape index (κ1) is 19.6. The quantitative estimate of drug-likeness (QED) is 0.580. The fourth-order valence-corrected chi connectivity index (χ4v) is 3.10. The molecule has 140 valence electrons. The minimum absolute atomic E-state index is 0.593. The Labute approximate surface area is 152 Å². The second-order valence-corrected chi connectivity index (χ2v) is 7.10. The van der Waals surface area contributed by atoms with Crippen LogP contribution in [0.2, 0.25) is 0 Å². The molecule has 2 rings (SSSR count). The molecule has 0 radical (unpaired) electrons. The molecule has 0 saturated carbocycles. The molecule has 5 nitrogen and oxygen atoms in total. The van der Waals surface area contributed by atoms with Crippen LogP contribution in [0.1, 0.15) is 32.3 Å². The lowest BCUT2D eigenvalue weighted by molar-refractivity contribution is 0.157. The summed E-state index contributed by atoms with van der Waals surface area (Å²) in [5.74, 6) is 3.16. The number of rotatable bonds is 8. The first-order chi connectivity index (χ1) is 12.1. The minimum Gasteiger partial charge on any atom is -0.493 e. The Morgan fingerprint density at radius 3 is 2.88 bits per heavy atom. The number of hydrogen-bond donors (Lipinski definition) is 1. The Hall–Kier alpha value is -1.75. The summed E-state index contributed by atoms with van der Waals surface area (Å²) < 4.78 is 11.3. The van der Waals surface area contributed by atoms with Gasteiger partial charge in [0, 0.05) is 45.3 Å². The highest BCUT2D eigenvalue weighted by Crippen LogP contribution is 2.20. The first-order valence-electron chi connectivity index (χ1n) is 9.29. The van der Waals surface area contributed by atoms with Crippen molar-refractivity contribution in [2.75, 3.05) is 40.5 Å². The summed E-state index contributed by atoms with van der Waals surface area (Å²) in [6.07, 6.45) is 2.22. The Kier molecular flexibility index (Phi) is 8.06. The molecule has 0 spiro atoms. The van der Waals surface area contributed by atoms with E-state index < -0.39 is 0 Å². The number of methoxy groups -OCH3 is 1. The van der Waals surface area contributed by atoms with E-state index in [1.807, 2.05) is 19.2 Å². The Morgan fingerprint density at radius 2 is 2.16 bits per heavy atom. The van der Waals surface area contributed by atoms with Gasteiger partial charge in [-0.15, -0.1) is 0 Å². The van der Waals surface area contributed by atoms with Crippen molar-refractivity contribution in [1.82, 2.24) is 10.2 Å². The number of nitrogens with zero attached hydrogens (tertiary/aromatic N) is 2. The van der Waals surface area contributed by atoms with E-state index in [1.165, 1.54) is 5.56 Å². The molecule has 0 aliphatic carbocycles. The van der Waals surface area contributed by atoms with E-state index in [0.29, 0.717) is 11.8 Å². The molecular formula is C20H33N3O2. The molecule has 0 amide bonds. The van der Waals surface area contributed by atoms with Crippen LogP contribution in [0.5, 0.6) is 5.75 Å². The monoisotopic (exact) mass is 347 g/mol. The highest BCUT2D eigenvalue weighted by atomic mass is 16.5. The fraction of sp³-hybridized carbons (Fsp3) is 0.650. The van der Waals surface area contributed by atoms with Crippen LogP contribution in [0.3, 0.4) is 0 Å². The summed E-state index contributed by atoms with van der Waals surface area (Å²) >= 11 is 0. The summed E-state index contributed by atoms with van der Waals surface area (Å²) in [5.41, 5.74) is 1.17. The molecular weight excluding hydrogens is 314 g/mol. The van der Waals surface area contributed by atoms with E-state index in [2.05, 4.69) is 41.2 Å². The van der Waals surface area contributed by atoms with E-state index in [-0.39, 0.29) is 0 Å². The van der Waals surface area contributed by atoms with Gasteiger partial charge in [-0.25, -0.2) is 0 Å². The molecule has 25 heavy (non-hydrogen) atoms. The Balaban J connectivity index is 1.89. The maximum absolute atomic E-state index is 5.98. The molecule has 1 aromatic carbocycles. The number of guanidine groups is 1. The van der Waals surface area contributed by atoms with Gasteiger partial charge in [-0.2, -0.15) is 0 Å². The van der Waals surface area contributed by atoms with Crippen molar-refractivity contribution in [1.29, 1.82) is 0 Å². The first-order valence-corrected chi connectivity index (χ1v) is 9.29. The second kappa shape index (κ2) is 10.3. The molecule has 1 aromatic rings. The van der Waals surface area contributed by atoms with Gasteiger partial charge in [0.1, 0.15) is 5.75 Å². The molecule has 1 aliphatic rings. The second-order valence-electron chi connectivity index (χ2n) is 7.10. The van der Waals surface area contributed by atoms with Gasteiger partial charge in [0.15, 0.2) is 5.96 Å². The molecule has 1 fully saturated rings. The van der Waals surface area contributed by atoms with Crippen LogP contribution < -0.4 is 10.1 Å². The van der Waals surface area contributed by atoms with Crippen molar-refractivity contribution in [3.8, 4) is 5.75 Å². The van der Waals surface area contributed by atoms with Crippen molar-refractivity contribution >= 4 is 5.96 Å². The van der Waals surface area contributed by atoms with E-state index in [4.69, 9.17) is 9.47 Å². The normalized spacial score (nSPS) is 18.0. The molecule has 1 saturated heterocycles. The summed E-state index contributed by atoms with van der Waals surface area (Å²) in [5, 5.41) is 3.49. The van der Waals surface area contributed by atoms with Crippen LogP contribution in [0.4, 0.5) is 0 Å². The highest BCUT2D eigenvalue weighted by Gasteiger charge is 2.24. The van der Waals surface area contributed by atoms with Gasteiger partial charge in [0.25, 0.3) is 0 Å². The zero-order chi connectivity index (χ0) is 18.1. The number of ether oxygens (including phenoxy) is 2. The van der Waals surface area contributed by atoms with Crippen LogP contribution in [-0.2, 0) is 11.3 Å². The Morgan fingerprint density at radius 1 is 1.36 bits per heavy atom. The lowest BCUT2D eigenvalue weighted by Gasteiger charge is -2.22. The van der Waals surface area contributed by atoms with Crippen LogP contribution in [0.25, 0.3) is 0 Å². The SMILES string of the molecule is CN=C(NCc1ccccc1OCCC(C)C)N1CCC(COC)C1. The molecule has 5 heteroatoms. The number of aliphatic imine (C=N–C) groups is 1. The highest BCUT2D eigenvalue weighted by molar-refractivity contribution is 5.80. The largest absolute Gasteiger partial charge is 0.493 e. The minimum atomic E-state index is 0.593. The molecule has 1 unspecified atom stereocenters. The van der Waals surface area contributed by atoms with Gasteiger partial charge in [0.2, 0.25) is 0 Å². The van der Waals surface area contributed by atoms with Gasteiger partial charge in [-0.3, -0.25) is 4.99 Å². The maximum atomic E-state index is 5.98. The van der Waals surface area contributed by atoms with E-state index in [1.54, 1.807) is 7.11 Å². The van der Waals surface area contributed by atoms with Crippen molar-refractivity contribution in [2.24, 2.45) is 16.8 Å². The van der Waals surface area contributed by atoms with Crippen LogP contribution in [0, 0.1) is 11.8 Å². The van der Waals surface area contributed by atoms with Gasteiger partial charge < -0.3 is 19.7 Å². The van der Waals surface area contributed by atoms with Gasteiger partial charge in [-0.05, 0) is 24.8 Å². The zero-order valence-electron chi connectivity index (χ0n) is 16.1. The van der Waals surface area contributed by atoms with Crippen LogP contribution >= 0.6 is 0 Å². The van der Waals surface area contributed by atoms with Gasteiger partial charge >= 0.3 is 0 Å². The van der Waals surface area contributed by atoms with Crippen molar-refractivity contribution in [2.45, 2.75) is 33.2 Å². The molecule has 1 N–H and O–H groups in total. The smallest absolute Gasteiger partial charge is 0.193 e. The maximum Gasteiger partial charge on any atom is 0.193 e. The summed E-state index contributed by atoms with van der Waals surface area (Å²) in [6, 6.07) is 8.24. The third-order valence-corrected chi connectivity index (χ3v) is 4.56. The lowest BCUT2D eigenvalue weighted by Crippen LogP contribution is -2.39. The number of hydrogen-bond acceptors (Lipinski definition) is 3. The van der Waals surface area contributed by atoms with Crippen molar-refractivity contribution in [3.63, 3.8) is 0 Å². The predicted molar refractivity (Wildman–Crippen MR) is 103 cm³/mol. The average molecular weight is 348 g/mol. The molecule has 1 heterocycles. The topological polar surface area (TPSA) is 46.1 Å². The number of nitrogens with one attached hydrogen (secondary N) is 1. The summed E-state index contributed by atoms with van der Waals surface area (Å²) in [6.45, 7) is 8.76. The Bertz CT molecular complexity index is 545. The molecule has 1 atom stereocenters. The number of likely N-dealkylation sites (tertiary alicyclic amines) is 1. The lowest BCUT2D eigenvalue weighted by atomic mass is 10.1. The van der Waals surface area contributed by atoms with Crippen molar-refractivity contribution < 1.29 is 9.47 Å². The van der Waals surface area contributed by atoms with E-state index in [0.717, 1.165) is 57.4 Å². The van der Waals surface area contributed by atoms with Crippen LogP contribution in [0.15, 0.2) is 29.3 Å². The van der Waals surface area contributed by atoms with Gasteiger partial charge in [-0.1, -0.05) is 32.0 Å². The molecule has 0 bridgehead atoms. The third-order valence-electron chi connectivity index (χ3n) is 4.56. The van der Waals surface area contributed by atoms with Crippen LogP contribution in [-0.4, -0.2) is 51.3 Å². The van der Waals surface area contributed by atoms with E-state index in [9.17, 15) is 0 Å². The molecule has 0 aromatic heterocycles. The van der Waals surface area contributed by atoms with E-state index >= 15 is 0 Å². The number of benzene rings is 1. The summed E-state index contributed by atoms with van der Waals surface area (Å²) in [7, 11) is 3.61. The standard InChI is InChI=1S/C20H33N3O2/c1-16(2)10-12-25-19-8-6-5-7-18(19)13-22-20(21-3)23-11-9-17(14-23)15-24-4/h5-8,16-17H,9-15H2,1-4H3,(H,21,22). The fourth-order valence-electron chi connectivity index (χ4n) is 3.10. The number of para-hydroxylation sites is 1. The molecule has 1 aliphatic heterocycles. The summed E-state index contributed by atoms with van der Waals surface area (Å²) in [4.78, 5) is 6.76. The average Bonchev–Trinajstić information content (AvgIpc) is 3.05. The third kappa shape index (κ3) is 6.24.